The van der Waals surface area contributed by atoms with Crippen LogP contribution in [0.2, 0.25) is 13.0 Å². The van der Waals surface area contributed by atoms with Gasteiger partial charge in [0.2, 0.25) is 0 Å². The van der Waals surface area contributed by atoms with Crippen molar-refractivity contribution in [3.05, 3.63) is 0 Å². The van der Waals surface area contributed by atoms with Crippen LogP contribution in [0.15, 0.2) is 0 Å². The van der Waals surface area contributed by atoms with Crippen molar-refractivity contribution >= 4 is 106 Å². The fourth-order valence-electron chi connectivity index (χ4n) is 4.44. The van der Waals surface area contributed by atoms with Crippen LogP contribution in [0.1, 0.15) is 0 Å². The van der Waals surface area contributed by atoms with Gasteiger partial charge < -0.3 is 0 Å². The van der Waals surface area contributed by atoms with Crippen LogP contribution in [0.4, 0.5) is 0 Å². The molecule has 0 saturated carbocycles. The zero-order chi connectivity index (χ0) is 13.2. The molecule has 72 valence electrons. The summed E-state index contributed by atoms with van der Waals surface area (Å²) in [5.74, 6) is 0. The number of rotatable bonds is 4. The molecule has 1 saturated heterocycles. The molecule has 1 heterocycles. The maximum atomic E-state index is 2.50. The smallest absolute Gasteiger partial charge is 0.0787 e. The highest BCUT2D eigenvalue weighted by Gasteiger charge is 2.48. The first-order valence-electron chi connectivity index (χ1n) is 7.93. The molecule has 0 spiro atoms. The van der Waals surface area contributed by atoms with Crippen LogP contribution in [0.25, 0.3) is 0 Å². The lowest BCUT2D eigenvalue weighted by atomic mass is 8.43. The third kappa shape index (κ3) is 3.50. The highest BCUT2D eigenvalue weighted by molar-refractivity contribution is 8.11. The minimum Gasteiger partial charge on any atom is -0.117 e. The molecule has 0 aromatic heterocycles. The molecule has 17 heavy (non-hydrogen) atoms. The monoisotopic (exact) mass is 208 g/mol. The molecular weight excluding hydrogens is 186 g/mol. The lowest BCUT2D eigenvalue weighted by molar-refractivity contribution is 1.93. The van der Waals surface area contributed by atoms with E-state index in [4.69, 9.17) is 0 Å². The van der Waals surface area contributed by atoms with Crippen LogP contribution >= 0.6 is 0 Å². The average Bonchev–Trinajstić information content (AvgIpc) is 2.30. The van der Waals surface area contributed by atoms with Crippen molar-refractivity contribution in [1.29, 1.82) is 0 Å². The molecule has 1 aliphatic heterocycles. The van der Waals surface area contributed by atoms with Crippen molar-refractivity contribution in [2.45, 2.75) is 13.0 Å². The van der Waals surface area contributed by atoms with Crippen molar-refractivity contribution in [1.82, 2.24) is 0 Å². The standard InChI is InChI=1S/C2H19B15/c1-11-2-12(14(7)9-3)17(13(5)6)16(10-4)15(11)8/h9-10H,2-8H2,1H3. The fourth-order valence-corrected chi connectivity index (χ4v) is 4.44. The van der Waals surface area contributed by atoms with E-state index < -0.39 is 0 Å². The van der Waals surface area contributed by atoms with Gasteiger partial charge in [0, 0.05) is 52.5 Å². The normalized spacial score (nSPS) is 15.9. The molecule has 0 amide bonds. The van der Waals surface area contributed by atoms with E-state index in [9.17, 15) is 0 Å². The van der Waals surface area contributed by atoms with E-state index >= 15 is 0 Å². The minimum absolute atomic E-state index is 0.855. The summed E-state index contributed by atoms with van der Waals surface area (Å²) in [4.78, 5) is 0. The van der Waals surface area contributed by atoms with Crippen LogP contribution in [-0.4, -0.2) is 106 Å². The summed E-state index contributed by atoms with van der Waals surface area (Å²) < 4.78 is 0. The van der Waals surface area contributed by atoms with Crippen molar-refractivity contribution < 1.29 is 0 Å². The van der Waals surface area contributed by atoms with Crippen LogP contribution in [0, 0.1) is 0 Å². The minimum atomic E-state index is 0.855. The van der Waals surface area contributed by atoms with Crippen molar-refractivity contribution in [2.75, 3.05) is 0 Å². The Hall–Kier alpha value is 0.974. The van der Waals surface area contributed by atoms with E-state index in [1.807, 2.05) is 0 Å². The van der Waals surface area contributed by atoms with Crippen molar-refractivity contribution in [3.8, 4) is 0 Å². The van der Waals surface area contributed by atoms with Gasteiger partial charge in [0.05, 0.1) is 53.0 Å². The maximum Gasteiger partial charge on any atom is 0.0787 e. The summed E-state index contributed by atoms with van der Waals surface area (Å²) in [6, 6.07) is 0. The second kappa shape index (κ2) is 6.94. The van der Waals surface area contributed by atoms with Crippen LogP contribution in [0.3, 0.4) is 0 Å². The highest BCUT2D eigenvalue weighted by atomic mass is 13.5. The molecule has 0 aliphatic carbocycles. The second-order valence-electron chi connectivity index (χ2n) is 7.01. The predicted molar refractivity (Wildman–Crippen MR) is 117 cm³/mol. The van der Waals surface area contributed by atoms with Gasteiger partial charge in [-0.3, -0.25) is 0 Å². The summed E-state index contributed by atoms with van der Waals surface area (Å²) in [6.45, 7) is 4.38. The molecule has 0 N–H and O–H groups in total. The third-order valence-electron chi connectivity index (χ3n) is 5.82. The Bertz CT molecular complexity index is 227. The summed E-state index contributed by atoms with van der Waals surface area (Å²) in [5, 5.41) is 0. The van der Waals surface area contributed by atoms with E-state index in [1.54, 1.807) is 0 Å². The van der Waals surface area contributed by atoms with Gasteiger partial charge in [-0.1, -0.05) is 6.82 Å². The first kappa shape index (κ1) is 16.0. The fraction of sp³-hybridized carbons (Fsp3) is 1.00. The molecule has 15 heteroatoms. The Morgan fingerprint density at radius 3 is 2.18 bits per heavy atom. The van der Waals surface area contributed by atoms with Crippen LogP contribution < -0.4 is 0 Å². The largest absolute Gasteiger partial charge is 0.117 e. The van der Waals surface area contributed by atoms with Gasteiger partial charge in [-0.15, -0.1) is 6.22 Å². The van der Waals surface area contributed by atoms with E-state index in [0.717, 1.165) is 45.0 Å². The second-order valence-corrected chi connectivity index (χ2v) is 7.01. The molecule has 0 nitrogen and oxygen atoms in total. The van der Waals surface area contributed by atoms with Crippen LogP contribution in [0.5, 0.6) is 0 Å². The third-order valence-corrected chi connectivity index (χ3v) is 5.82. The molecule has 0 radical (unpaired) electrons. The quantitative estimate of drug-likeness (QED) is 0.400. The van der Waals surface area contributed by atoms with E-state index in [-0.39, 0.29) is 0 Å². The first-order chi connectivity index (χ1) is 7.93. The van der Waals surface area contributed by atoms with Crippen molar-refractivity contribution in [2.24, 2.45) is 0 Å². The predicted octanol–water partition coefficient (Wildman–Crippen LogP) is -8.42. The molecule has 1 fully saturated rings. The molecule has 0 aromatic carbocycles. The van der Waals surface area contributed by atoms with Gasteiger partial charge in [0.25, 0.3) is 0 Å². The lowest BCUT2D eigenvalue weighted by Gasteiger charge is -2.43. The van der Waals surface area contributed by atoms with Gasteiger partial charge in [-0.05, 0) is 0 Å². The Kier molecular flexibility index (Phi) is 6.55. The zero-order valence-corrected chi connectivity index (χ0v) is 13.2. The Balaban J connectivity index is 2.94. The summed E-state index contributed by atoms with van der Waals surface area (Å²) in [7, 11) is 17.4. The molecule has 0 bridgehead atoms. The molecule has 1 aliphatic rings. The highest BCUT2D eigenvalue weighted by Crippen LogP contribution is 2.16. The Labute approximate surface area is 119 Å². The van der Waals surface area contributed by atoms with E-state index in [2.05, 4.69) is 53.2 Å². The molecule has 0 atom stereocenters. The van der Waals surface area contributed by atoms with Gasteiger partial charge >= 0.3 is 0 Å². The van der Waals surface area contributed by atoms with Crippen LogP contribution in [-0.2, 0) is 0 Å². The summed E-state index contributed by atoms with van der Waals surface area (Å²) in [6.07, 6.45) is 6.07. The van der Waals surface area contributed by atoms with E-state index in [1.165, 1.54) is 20.3 Å². The Morgan fingerprint density at radius 1 is 1.18 bits per heavy atom. The number of hydrogen-bond acceptors (Lipinski definition) is 0. The number of hydrogen-bond donors (Lipinski definition) is 0. The molecule has 0 unspecified atom stereocenters. The van der Waals surface area contributed by atoms with Gasteiger partial charge in [-0.2, -0.15) is 0 Å². The summed E-state index contributed by atoms with van der Waals surface area (Å²) in [5.41, 5.74) is 0. The summed E-state index contributed by atoms with van der Waals surface area (Å²) >= 11 is 0. The molecule has 0 aromatic rings. The Morgan fingerprint density at radius 2 is 1.76 bits per heavy atom. The van der Waals surface area contributed by atoms with Crippen molar-refractivity contribution in [3.63, 3.8) is 0 Å². The van der Waals surface area contributed by atoms with E-state index in [0.29, 0.717) is 0 Å². The van der Waals surface area contributed by atoms with Gasteiger partial charge in [0.1, 0.15) is 0 Å². The maximum absolute atomic E-state index is 2.50. The lowest BCUT2D eigenvalue weighted by Crippen LogP contribution is -2.79. The van der Waals surface area contributed by atoms with Gasteiger partial charge in [0.15, 0.2) is 0 Å². The zero-order valence-electron chi connectivity index (χ0n) is 13.2. The SMILES string of the molecule is BBB(B)B1CB(C)B(B)B(BB)B1B(B)B. The molecule has 1 rings (SSSR count). The first-order valence-corrected chi connectivity index (χ1v) is 7.93. The average molecular weight is 205 g/mol. The van der Waals surface area contributed by atoms with Gasteiger partial charge in [-0.25, -0.2) is 0 Å². The molecular formula is C2H19B15. The topological polar surface area (TPSA) is 0 Å².